The third-order valence-electron chi connectivity index (χ3n) is 9.49. The highest BCUT2D eigenvalue weighted by Crippen LogP contribution is 2.50. The minimum absolute atomic E-state index is 0.868. The molecule has 50 heavy (non-hydrogen) atoms. The molecule has 1 heterocycles. The SMILES string of the molecule is c1ccc(-c2cccc(-c3ccccc3N(c3ccccc3-c3ccccc3)c3ccc(-c4ccccc4)c4oc5ccccc5c34)c2)cc1. The highest BCUT2D eigenvalue weighted by molar-refractivity contribution is 6.17. The topological polar surface area (TPSA) is 16.4 Å². The van der Waals surface area contributed by atoms with Crippen molar-refractivity contribution in [2.24, 2.45) is 0 Å². The molecule has 2 nitrogen and oxygen atoms in total. The maximum absolute atomic E-state index is 6.77. The van der Waals surface area contributed by atoms with Crippen molar-refractivity contribution >= 4 is 39.0 Å². The molecule has 0 amide bonds. The maximum atomic E-state index is 6.77. The number of fused-ring (bicyclic) bond motifs is 3. The summed E-state index contributed by atoms with van der Waals surface area (Å²) >= 11 is 0. The molecule has 0 aliphatic rings. The average molecular weight is 640 g/mol. The maximum Gasteiger partial charge on any atom is 0.145 e. The fraction of sp³-hybridized carbons (Fsp3) is 0. The average Bonchev–Trinajstić information content (AvgIpc) is 3.60. The Kier molecular flexibility index (Phi) is 7.53. The molecule has 8 aromatic carbocycles. The minimum atomic E-state index is 0.868. The monoisotopic (exact) mass is 639 g/mol. The molecule has 9 aromatic rings. The molecular weight excluding hydrogens is 607 g/mol. The Morgan fingerprint density at radius 2 is 0.820 bits per heavy atom. The number of anilines is 3. The lowest BCUT2D eigenvalue weighted by molar-refractivity contribution is 0.670. The third-order valence-corrected chi connectivity index (χ3v) is 9.49. The number of furan rings is 1. The van der Waals surface area contributed by atoms with Crippen LogP contribution in [0.5, 0.6) is 0 Å². The fourth-order valence-corrected chi connectivity index (χ4v) is 7.17. The Balaban J connectivity index is 1.35. The Bertz CT molecular complexity index is 2590. The van der Waals surface area contributed by atoms with E-state index in [1.165, 1.54) is 11.1 Å². The predicted octanol–water partition coefficient (Wildman–Crippen LogP) is 13.7. The number of nitrogens with zero attached hydrogens (tertiary/aromatic N) is 1. The zero-order chi connectivity index (χ0) is 33.3. The largest absolute Gasteiger partial charge is 0.455 e. The van der Waals surface area contributed by atoms with E-state index in [-0.39, 0.29) is 0 Å². The van der Waals surface area contributed by atoms with E-state index < -0.39 is 0 Å². The van der Waals surface area contributed by atoms with E-state index in [4.69, 9.17) is 4.42 Å². The zero-order valence-electron chi connectivity index (χ0n) is 27.4. The second kappa shape index (κ2) is 12.8. The number of rotatable bonds is 7. The van der Waals surface area contributed by atoms with Crippen LogP contribution >= 0.6 is 0 Å². The molecule has 0 aliphatic carbocycles. The Hall–Kier alpha value is -6.64. The quantitative estimate of drug-likeness (QED) is 0.173. The molecule has 1 aromatic heterocycles. The van der Waals surface area contributed by atoms with Crippen molar-refractivity contribution in [2.45, 2.75) is 0 Å². The van der Waals surface area contributed by atoms with Gasteiger partial charge in [0.15, 0.2) is 0 Å². The first-order valence-electron chi connectivity index (χ1n) is 17.0. The van der Waals surface area contributed by atoms with Crippen molar-refractivity contribution in [3.8, 4) is 44.5 Å². The lowest BCUT2D eigenvalue weighted by atomic mass is 9.95. The summed E-state index contributed by atoms with van der Waals surface area (Å²) in [4.78, 5) is 2.44. The number of hydrogen-bond acceptors (Lipinski definition) is 2. The smallest absolute Gasteiger partial charge is 0.145 e. The van der Waals surface area contributed by atoms with Crippen LogP contribution in [-0.2, 0) is 0 Å². The van der Waals surface area contributed by atoms with E-state index in [2.05, 4.69) is 199 Å². The summed E-state index contributed by atoms with van der Waals surface area (Å²) in [6.45, 7) is 0. The van der Waals surface area contributed by atoms with Crippen LogP contribution in [0.4, 0.5) is 17.1 Å². The summed E-state index contributed by atoms with van der Waals surface area (Å²) in [5.74, 6) is 0. The summed E-state index contributed by atoms with van der Waals surface area (Å²) in [6.07, 6.45) is 0. The number of benzene rings is 8. The van der Waals surface area contributed by atoms with Gasteiger partial charge in [-0.05, 0) is 64.2 Å². The summed E-state index contributed by atoms with van der Waals surface area (Å²) in [7, 11) is 0. The van der Waals surface area contributed by atoms with Gasteiger partial charge in [0.25, 0.3) is 0 Å². The summed E-state index contributed by atoms with van der Waals surface area (Å²) in [5.41, 5.74) is 14.1. The molecule has 0 atom stereocenters. The van der Waals surface area contributed by atoms with Crippen LogP contribution in [0.15, 0.2) is 205 Å². The second-order valence-corrected chi connectivity index (χ2v) is 12.5. The van der Waals surface area contributed by atoms with Crippen molar-refractivity contribution in [3.05, 3.63) is 200 Å². The van der Waals surface area contributed by atoms with E-state index in [9.17, 15) is 0 Å². The summed E-state index contributed by atoms with van der Waals surface area (Å²) in [5, 5.41) is 2.17. The first kappa shape index (κ1) is 29.5. The van der Waals surface area contributed by atoms with E-state index >= 15 is 0 Å². The molecule has 0 fully saturated rings. The Morgan fingerprint density at radius 1 is 0.320 bits per heavy atom. The molecule has 0 saturated heterocycles. The lowest BCUT2D eigenvalue weighted by Gasteiger charge is -2.30. The van der Waals surface area contributed by atoms with Gasteiger partial charge in [0.05, 0.1) is 22.4 Å². The van der Waals surface area contributed by atoms with Gasteiger partial charge in [-0.25, -0.2) is 0 Å². The summed E-state index contributed by atoms with van der Waals surface area (Å²) in [6, 6.07) is 71.0. The first-order valence-corrected chi connectivity index (χ1v) is 17.0. The summed E-state index contributed by atoms with van der Waals surface area (Å²) < 4.78 is 6.77. The number of hydrogen-bond donors (Lipinski definition) is 0. The van der Waals surface area contributed by atoms with Crippen molar-refractivity contribution in [3.63, 3.8) is 0 Å². The second-order valence-electron chi connectivity index (χ2n) is 12.5. The minimum Gasteiger partial charge on any atom is -0.455 e. The Morgan fingerprint density at radius 3 is 1.50 bits per heavy atom. The zero-order valence-corrected chi connectivity index (χ0v) is 27.4. The first-order chi connectivity index (χ1) is 24.8. The molecule has 0 N–H and O–H groups in total. The van der Waals surface area contributed by atoms with Gasteiger partial charge in [-0.15, -0.1) is 0 Å². The van der Waals surface area contributed by atoms with Crippen molar-refractivity contribution in [2.75, 3.05) is 4.90 Å². The van der Waals surface area contributed by atoms with Gasteiger partial charge in [-0.1, -0.05) is 164 Å². The molecule has 0 bridgehead atoms. The van der Waals surface area contributed by atoms with Gasteiger partial charge in [-0.2, -0.15) is 0 Å². The number of para-hydroxylation sites is 3. The highest BCUT2D eigenvalue weighted by Gasteiger charge is 2.25. The van der Waals surface area contributed by atoms with Crippen molar-refractivity contribution < 1.29 is 4.42 Å². The molecular formula is C48H33NO. The van der Waals surface area contributed by atoms with Gasteiger partial charge in [0.1, 0.15) is 11.2 Å². The van der Waals surface area contributed by atoms with Gasteiger partial charge in [-0.3, -0.25) is 0 Å². The normalized spacial score (nSPS) is 11.2. The molecule has 0 spiro atoms. The standard InChI is InChI=1S/C48H33NO/c1-4-17-34(18-5-1)37-23-16-24-38(33-37)40-26-11-14-29-44(40)49(43-28-13-10-25-39(43)35-19-6-2-7-20-35)45-32-31-41(36-21-8-3-9-22-36)48-47(45)42-27-12-15-30-46(42)50-48/h1-33H. The van der Waals surface area contributed by atoms with E-state index in [1.807, 2.05) is 6.07 Å². The van der Waals surface area contributed by atoms with Crippen LogP contribution in [-0.4, -0.2) is 0 Å². The molecule has 0 saturated carbocycles. The van der Waals surface area contributed by atoms with E-state index in [1.54, 1.807) is 0 Å². The van der Waals surface area contributed by atoms with Crippen LogP contribution in [0, 0.1) is 0 Å². The molecule has 0 radical (unpaired) electrons. The van der Waals surface area contributed by atoms with E-state index in [0.29, 0.717) is 0 Å². The fourth-order valence-electron chi connectivity index (χ4n) is 7.17. The van der Waals surface area contributed by atoms with Crippen molar-refractivity contribution in [1.29, 1.82) is 0 Å². The predicted molar refractivity (Wildman–Crippen MR) is 210 cm³/mol. The van der Waals surface area contributed by atoms with Crippen LogP contribution in [0.3, 0.4) is 0 Å². The Labute approximate surface area is 292 Å². The molecule has 2 heteroatoms. The van der Waals surface area contributed by atoms with Crippen molar-refractivity contribution in [1.82, 2.24) is 0 Å². The molecule has 236 valence electrons. The van der Waals surface area contributed by atoms with Gasteiger partial charge in [0.2, 0.25) is 0 Å². The van der Waals surface area contributed by atoms with Gasteiger partial charge in [0, 0.05) is 22.1 Å². The van der Waals surface area contributed by atoms with Gasteiger partial charge < -0.3 is 9.32 Å². The van der Waals surface area contributed by atoms with Crippen LogP contribution in [0.25, 0.3) is 66.4 Å². The molecule has 0 unspecified atom stereocenters. The van der Waals surface area contributed by atoms with Crippen LogP contribution in [0.1, 0.15) is 0 Å². The van der Waals surface area contributed by atoms with Crippen LogP contribution in [0.2, 0.25) is 0 Å². The van der Waals surface area contributed by atoms with Crippen LogP contribution < -0.4 is 4.90 Å². The molecule has 9 rings (SSSR count). The third kappa shape index (κ3) is 5.24. The lowest BCUT2D eigenvalue weighted by Crippen LogP contribution is -2.13. The van der Waals surface area contributed by atoms with Gasteiger partial charge >= 0.3 is 0 Å². The highest BCUT2D eigenvalue weighted by atomic mass is 16.3. The molecule has 0 aliphatic heterocycles. The van der Waals surface area contributed by atoms with E-state index in [0.717, 1.165) is 72.4 Å².